The quantitative estimate of drug-likeness (QED) is 0.488. The lowest BCUT2D eigenvalue weighted by atomic mass is 10.1. The van der Waals surface area contributed by atoms with Crippen LogP contribution in [0.15, 0.2) is 52.2 Å². The van der Waals surface area contributed by atoms with Crippen LogP contribution in [0, 0.1) is 0 Å². The summed E-state index contributed by atoms with van der Waals surface area (Å²) in [5.74, 6) is 1.30. The Morgan fingerprint density at radius 2 is 1.93 bits per heavy atom. The number of ketones is 1. The first kappa shape index (κ1) is 18.9. The molecule has 2 heterocycles. The third-order valence-corrected chi connectivity index (χ3v) is 4.77. The first-order valence-corrected chi connectivity index (χ1v) is 9.46. The zero-order chi connectivity index (χ0) is 19.4. The second-order valence-electron chi connectivity index (χ2n) is 6.22. The van der Waals surface area contributed by atoms with E-state index >= 15 is 0 Å². The van der Waals surface area contributed by atoms with Crippen LogP contribution in [0.4, 0.5) is 5.69 Å². The molecule has 8 heteroatoms. The molecule has 27 heavy (non-hydrogen) atoms. The Morgan fingerprint density at radius 3 is 2.52 bits per heavy atom. The van der Waals surface area contributed by atoms with E-state index in [1.54, 1.807) is 36.6 Å². The summed E-state index contributed by atoms with van der Waals surface area (Å²) in [6.07, 6.45) is 1.59. The van der Waals surface area contributed by atoms with E-state index < -0.39 is 0 Å². The van der Waals surface area contributed by atoms with Gasteiger partial charge in [0.2, 0.25) is 11.7 Å². The number of Topliss-reactive ketones (excluding diaryl/α,β-unsaturated/α-hetero) is 1. The summed E-state index contributed by atoms with van der Waals surface area (Å²) >= 11 is 1.31. The molecule has 2 aromatic heterocycles. The van der Waals surface area contributed by atoms with Crippen molar-refractivity contribution in [3.8, 4) is 11.6 Å². The van der Waals surface area contributed by atoms with Crippen molar-refractivity contribution in [1.82, 2.24) is 14.8 Å². The summed E-state index contributed by atoms with van der Waals surface area (Å²) in [4.78, 5) is 23.5. The molecule has 0 fully saturated rings. The number of thioether (sulfide) groups is 1. The molecular weight excluding hydrogens is 364 g/mol. The molecule has 0 saturated heterocycles. The van der Waals surface area contributed by atoms with Crippen LogP contribution >= 0.6 is 11.8 Å². The smallest absolute Gasteiger partial charge is 0.234 e. The second kappa shape index (κ2) is 8.22. The van der Waals surface area contributed by atoms with Crippen molar-refractivity contribution in [1.29, 1.82) is 0 Å². The highest BCUT2D eigenvalue weighted by Crippen LogP contribution is 2.28. The van der Waals surface area contributed by atoms with E-state index in [0.29, 0.717) is 28.0 Å². The third-order valence-electron chi connectivity index (χ3n) is 3.83. The number of benzene rings is 1. The lowest BCUT2D eigenvalue weighted by Crippen LogP contribution is -2.15. The number of anilines is 1. The van der Waals surface area contributed by atoms with Crippen molar-refractivity contribution in [3.63, 3.8) is 0 Å². The van der Waals surface area contributed by atoms with E-state index in [0.717, 1.165) is 0 Å². The highest BCUT2D eigenvalue weighted by Gasteiger charge is 2.19. The molecule has 0 radical (unpaired) electrons. The van der Waals surface area contributed by atoms with Crippen molar-refractivity contribution < 1.29 is 14.0 Å². The molecule has 0 spiro atoms. The number of carbonyl (C=O) groups excluding carboxylic acids is 2. The van der Waals surface area contributed by atoms with Gasteiger partial charge in [-0.25, -0.2) is 0 Å². The molecule has 0 aliphatic heterocycles. The van der Waals surface area contributed by atoms with Gasteiger partial charge in [-0.05, 0) is 57.2 Å². The highest BCUT2D eigenvalue weighted by molar-refractivity contribution is 7.99. The molecule has 0 atom stereocenters. The largest absolute Gasteiger partial charge is 0.461 e. The predicted molar refractivity (Wildman–Crippen MR) is 104 cm³/mol. The lowest BCUT2D eigenvalue weighted by Gasteiger charge is -2.12. The molecule has 0 aliphatic carbocycles. The number of amides is 1. The van der Waals surface area contributed by atoms with E-state index in [9.17, 15) is 9.59 Å². The molecule has 1 N–H and O–H groups in total. The summed E-state index contributed by atoms with van der Waals surface area (Å²) in [7, 11) is 0. The summed E-state index contributed by atoms with van der Waals surface area (Å²) in [5.41, 5.74) is 1.25. The molecule has 0 aliphatic rings. The van der Waals surface area contributed by atoms with Crippen LogP contribution in [0.25, 0.3) is 11.6 Å². The number of rotatable bonds is 7. The zero-order valence-corrected chi connectivity index (χ0v) is 16.1. The topological polar surface area (TPSA) is 90.0 Å². The Labute approximate surface area is 161 Å². The SMILES string of the molecule is CC(=O)c1ccc(NC(=O)CSc2nnc(-c3ccco3)n2C(C)C)cc1. The standard InChI is InChI=1S/C19H20N4O3S/c1-12(2)23-18(16-5-4-10-26-16)21-22-19(23)27-11-17(25)20-15-8-6-14(7-9-15)13(3)24/h4-10,12H,11H2,1-3H3,(H,20,25). The maximum absolute atomic E-state index is 12.2. The number of hydrogen-bond acceptors (Lipinski definition) is 6. The Hall–Kier alpha value is -2.87. The predicted octanol–water partition coefficient (Wildman–Crippen LogP) is 4.05. The van der Waals surface area contributed by atoms with E-state index in [-0.39, 0.29) is 23.5 Å². The van der Waals surface area contributed by atoms with Crippen molar-refractivity contribution >= 4 is 29.1 Å². The Morgan fingerprint density at radius 1 is 1.19 bits per heavy atom. The van der Waals surface area contributed by atoms with Crippen LogP contribution in [-0.2, 0) is 4.79 Å². The zero-order valence-electron chi connectivity index (χ0n) is 15.3. The minimum absolute atomic E-state index is 0.0104. The van der Waals surface area contributed by atoms with Gasteiger partial charge in [-0.2, -0.15) is 0 Å². The molecule has 1 aromatic carbocycles. The van der Waals surface area contributed by atoms with Gasteiger partial charge in [-0.1, -0.05) is 11.8 Å². The van der Waals surface area contributed by atoms with Gasteiger partial charge in [-0.15, -0.1) is 10.2 Å². The van der Waals surface area contributed by atoms with E-state index in [4.69, 9.17) is 4.42 Å². The highest BCUT2D eigenvalue weighted by atomic mass is 32.2. The first-order valence-electron chi connectivity index (χ1n) is 8.48. The van der Waals surface area contributed by atoms with E-state index in [1.807, 2.05) is 24.5 Å². The van der Waals surface area contributed by atoms with Gasteiger partial charge in [-0.3, -0.25) is 14.2 Å². The molecule has 0 bridgehead atoms. The van der Waals surface area contributed by atoms with Crippen molar-refractivity contribution in [2.24, 2.45) is 0 Å². The van der Waals surface area contributed by atoms with Crippen LogP contribution in [0.1, 0.15) is 37.2 Å². The first-order chi connectivity index (χ1) is 13.0. The minimum Gasteiger partial charge on any atom is -0.461 e. The molecule has 1 amide bonds. The number of aromatic nitrogens is 3. The lowest BCUT2D eigenvalue weighted by molar-refractivity contribution is -0.113. The number of nitrogens with one attached hydrogen (secondary N) is 1. The fraction of sp³-hybridized carbons (Fsp3) is 0.263. The maximum atomic E-state index is 12.2. The van der Waals surface area contributed by atoms with Crippen LogP contribution in [-0.4, -0.2) is 32.2 Å². The Balaban J connectivity index is 1.66. The normalized spacial score (nSPS) is 11.0. The van der Waals surface area contributed by atoms with Gasteiger partial charge in [0, 0.05) is 17.3 Å². The van der Waals surface area contributed by atoms with Crippen LogP contribution < -0.4 is 5.32 Å². The van der Waals surface area contributed by atoms with E-state index in [2.05, 4.69) is 15.5 Å². The Kier molecular flexibility index (Phi) is 5.75. The van der Waals surface area contributed by atoms with Crippen molar-refractivity contribution in [3.05, 3.63) is 48.2 Å². The van der Waals surface area contributed by atoms with Crippen molar-refractivity contribution in [2.75, 3.05) is 11.1 Å². The molecule has 140 valence electrons. The van der Waals surface area contributed by atoms with Gasteiger partial charge in [0.15, 0.2) is 16.7 Å². The third kappa shape index (κ3) is 4.46. The fourth-order valence-corrected chi connectivity index (χ4v) is 3.40. The second-order valence-corrected chi connectivity index (χ2v) is 7.16. The summed E-state index contributed by atoms with van der Waals surface area (Å²) in [6, 6.07) is 10.5. The van der Waals surface area contributed by atoms with E-state index in [1.165, 1.54) is 18.7 Å². The fourth-order valence-electron chi connectivity index (χ4n) is 2.53. The summed E-state index contributed by atoms with van der Waals surface area (Å²) in [5, 5.41) is 11.9. The van der Waals surface area contributed by atoms with Gasteiger partial charge in [0.1, 0.15) is 0 Å². The average molecular weight is 384 g/mol. The summed E-state index contributed by atoms with van der Waals surface area (Å²) in [6.45, 7) is 5.55. The molecule has 0 saturated carbocycles. The molecule has 3 aromatic rings. The van der Waals surface area contributed by atoms with Crippen LogP contribution in [0.2, 0.25) is 0 Å². The van der Waals surface area contributed by atoms with Crippen molar-refractivity contribution in [2.45, 2.75) is 32.0 Å². The minimum atomic E-state index is -0.159. The van der Waals surface area contributed by atoms with Gasteiger partial charge in [0.25, 0.3) is 0 Å². The molecule has 7 nitrogen and oxygen atoms in total. The van der Waals surface area contributed by atoms with Crippen LogP contribution in [0.3, 0.4) is 0 Å². The van der Waals surface area contributed by atoms with Crippen LogP contribution in [0.5, 0.6) is 0 Å². The molecule has 3 rings (SSSR count). The van der Waals surface area contributed by atoms with Gasteiger partial charge < -0.3 is 9.73 Å². The number of carbonyl (C=O) groups is 2. The maximum Gasteiger partial charge on any atom is 0.234 e. The number of hydrogen-bond donors (Lipinski definition) is 1. The number of nitrogens with zero attached hydrogens (tertiary/aromatic N) is 3. The monoisotopic (exact) mass is 384 g/mol. The van der Waals surface area contributed by atoms with Gasteiger partial charge >= 0.3 is 0 Å². The molecular formula is C19H20N4O3S. The number of furan rings is 1. The molecule has 0 unspecified atom stereocenters. The van der Waals surface area contributed by atoms with Gasteiger partial charge in [0.05, 0.1) is 12.0 Å². The Bertz CT molecular complexity index is 931. The summed E-state index contributed by atoms with van der Waals surface area (Å²) < 4.78 is 7.36. The average Bonchev–Trinajstić information content (AvgIpc) is 3.29.